The van der Waals surface area contributed by atoms with Crippen molar-refractivity contribution in [3.63, 3.8) is 0 Å². The Morgan fingerprint density at radius 3 is 2.60 bits per heavy atom. The van der Waals surface area contributed by atoms with E-state index in [0.29, 0.717) is 23.3 Å². The second-order valence-electron chi connectivity index (χ2n) is 10.5. The Bertz CT molecular complexity index is 939. The van der Waals surface area contributed by atoms with Crippen molar-refractivity contribution in [2.75, 3.05) is 0 Å². The lowest BCUT2D eigenvalue weighted by atomic mass is 9.47. The number of hydrogen-bond acceptors (Lipinski definition) is 4. The van der Waals surface area contributed by atoms with Crippen LogP contribution in [0.2, 0.25) is 0 Å². The fourth-order valence-corrected chi connectivity index (χ4v) is 7.64. The molecule has 30 heavy (non-hydrogen) atoms. The van der Waals surface area contributed by atoms with Crippen molar-refractivity contribution in [2.24, 2.45) is 34.5 Å². The largest absolute Gasteiger partial charge is 0.504 e. The van der Waals surface area contributed by atoms with Gasteiger partial charge in [-0.15, -0.1) is 0 Å². The zero-order valence-electron chi connectivity index (χ0n) is 17.7. The minimum Gasteiger partial charge on any atom is -0.504 e. The Kier molecular flexibility index (Phi) is 4.32. The minimum absolute atomic E-state index is 0.00298. The number of aromatic hydroxyl groups is 2. The Labute approximate surface area is 177 Å². The number of rotatable bonds is 2. The van der Waals surface area contributed by atoms with E-state index >= 15 is 0 Å². The predicted molar refractivity (Wildman–Crippen MR) is 113 cm³/mol. The molecular formula is C25H31NO4. The summed E-state index contributed by atoms with van der Waals surface area (Å²) >= 11 is 0. The molecule has 1 aromatic carbocycles. The van der Waals surface area contributed by atoms with Crippen molar-refractivity contribution in [1.82, 2.24) is 5.32 Å². The van der Waals surface area contributed by atoms with Gasteiger partial charge < -0.3 is 15.5 Å². The summed E-state index contributed by atoms with van der Waals surface area (Å²) in [6, 6.07) is 4.66. The van der Waals surface area contributed by atoms with Crippen LogP contribution < -0.4 is 5.32 Å². The van der Waals surface area contributed by atoms with E-state index < -0.39 is 0 Å². The normalized spacial score (nSPS) is 42.1. The number of ketones is 1. The molecular weight excluding hydrogens is 378 g/mol. The molecule has 3 saturated carbocycles. The standard InChI is InChI=1S/C25H31NO4/c1-24-11-9-17-15(4-8-21-25(17,2)12-10-22(29)26-21)16(24)5-6-18(24)23(30)14-3-7-19(27)20(28)13-14/h3,7,10,12-13,15-18,21,27-28H,4-6,8-9,11H2,1-2H3,(H,26,29)/t15-,16-,17-,18+,21?,24-,25+/m0/s1. The maximum Gasteiger partial charge on any atom is 0.243 e. The molecule has 1 unspecified atom stereocenters. The van der Waals surface area contributed by atoms with Gasteiger partial charge in [0.2, 0.25) is 5.91 Å². The summed E-state index contributed by atoms with van der Waals surface area (Å²) in [5.41, 5.74) is 0.465. The lowest BCUT2D eigenvalue weighted by Gasteiger charge is -2.58. The van der Waals surface area contributed by atoms with E-state index in [2.05, 4.69) is 25.2 Å². The van der Waals surface area contributed by atoms with Crippen LogP contribution in [0.5, 0.6) is 11.5 Å². The molecule has 1 heterocycles. The van der Waals surface area contributed by atoms with E-state index in [1.807, 2.05) is 0 Å². The van der Waals surface area contributed by atoms with Gasteiger partial charge in [-0.1, -0.05) is 19.9 Å². The summed E-state index contributed by atoms with van der Waals surface area (Å²) in [4.78, 5) is 25.3. The topological polar surface area (TPSA) is 86.6 Å². The van der Waals surface area contributed by atoms with Gasteiger partial charge in [0.25, 0.3) is 0 Å². The summed E-state index contributed by atoms with van der Waals surface area (Å²) in [7, 11) is 0. The van der Waals surface area contributed by atoms with Crippen molar-refractivity contribution < 1.29 is 19.8 Å². The molecule has 0 spiro atoms. The van der Waals surface area contributed by atoms with Gasteiger partial charge in [-0.25, -0.2) is 0 Å². The second-order valence-corrected chi connectivity index (χ2v) is 10.5. The molecule has 5 rings (SSSR count). The molecule has 7 atom stereocenters. The molecule has 1 amide bonds. The van der Waals surface area contributed by atoms with E-state index in [1.54, 1.807) is 12.1 Å². The van der Waals surface area contributed by atoms with E-state index in [1.165, 1.54) is 12.1 Å². The lowest BCUT2D eigenvalue weighted by molar-refractivity contribution is -0.122. The molecule has 1 aliphatic heterocycles. The lowest BCUT2D eigenvalue weighted by Crippen LogP contribution is -2.59. The van der Waals surface area contributed by atoms with Gasteiger partial charge in [-0.3, -0.25) is 9.59 Å². The zero-order valence-corrected chi connectivity index (χ0v) is 17.7. The van der Waals surface area contributed by atoms with Crippen LogP contribution in [0.15, 0.2) is 30.4 Å². The van der Waals surface area contributed by atoms with Crippen molar-refractivity contribution in [1.29, 1.82) is 0 Å². The molecule has 1 aromatic rings. The third-order valence-corrected chi connectivity index (χ3v) is 9.26. The molecule has 0 aromatic heterocycles. The first-order valence-corrected chi connectivity index (χ1v) is 11.3. The van der Waals surface area contributed by atoms with Gasteiger partial charge in [0.1, 0.15) is 0 Å². The number of benzene rings is 1. The quantitative estimate of drug-likeness (QED) is 0.505. The van der Waals surface area contributed by atoms with Crippen LogP contribution in [0.4, 0.5) is 0 Å². The second kappa shape index (κ2) is 6.60. The van der Waals surface area contributed by atoms with Crippen molar-refractivity contribution in [2.45, 2.75) is 58.4 Å². The summed E-state index contributed by atoms with van der Waals surface area (Å²) in [5.74, 6) is 1.29. The fourth-order valence-electron chi connectivity index (χ4n) is 7.64. The first-order valence-electron chi connectivity index (χ1n) is 11.3. The predicted octanol–water partition coefficient (Wildman–Crippen LogP) is 4.19. The maximum atomic E-state index is 13.4. The number of carbonyl (C=O) groups excluding carboxylic acids is 2. The number of fused-ring (bicyclic) bond motifs is 5. The molecule has 160 valence electrons. The number of Topliss-reactive ketones (excluding diaryl/α,β-unsaturated/α-hetero) is 1. The van der Waals surface area contributed by atoms with Gasteiger partial charge in [-0.2, -0.15) is 0 Å². The molecule has 5 nitrogen and oxygen atoms in total. The number of carbonyl (C=O) groups is 2. The van der Waals surface area contributed by atoms with Crippen LogP contribution in [-0.4, -0.2) is 27.9 Å². The summed E-state index contributed by atoms with van der Waals surface area (Å²) in [6.07, 6.45) is 10.0. The van der Waals surface area contributed by atoms with Crippen LogP contribution >= 0.6 is 0 Å². The average molecular weight is 410 g/mol. The number of nitrogens with one attached hydrogen (secondary N) is 1. The number of phenols is 2. The van der Waals surface area contributed by atoms with Gasteiger partial charge >= 0.3 is 0 Å². The Morgan fingerprint density at radius 2 is 1.83 bits per heavy atom. The maximum absolute atomic E-state index is 13.4. The molecule has 4 aliphatic rings. The van der Waals surface area contributed by atoms with Gasteiger partial charge in [0.05, 0.1) is 0 Å². The van der Waals surface area contributed by atoms with Crippen LogP contribution in [0.3, 0.4) is 0 Å². The first kappa shape index (κ1) is 19.7. The summed E-state index contributed by atoms with van der Waals surface area (Å²) < 4.78 is 0. The molecule has 3 fully saturated rings. The SMILES string of the molecule is C[C@]12CC[C@H]3[C@@H](CCC4NC(=O)C=C[C@@]43C)[C@@H]1CC[C@@H]2C(=O)c1ccc(O)c(O)c1. The van der Waals surface area contributed by atoms with Crippen LogP contribution in [0, 0.1) is 34.5 Å². The van der Waals surface area contributed by atoms with Gasteiger partial charge in [-0.05, 0) is 86.0 Å². The zero-order chi connectivity index (χ0) is 21.3. The van der Waals surface area contributed by atoms with Gasteiger partial charge in [0.15, 0.2) is 17.3 Å². The third kappa shape index (κ3) is 2.67. The molecule has 0 saturated heterocycles. The molecule has 3 aliphatic carbocycles. The van der Waals surface area contributed by atoms with Crippen molar-refractivity contribution in [3.05, 3.63) is 35.9 Å². The first-order chi connectivity index (χ1) is 14.2. The van der Waals surface area contributed by atoms with Crippen LogP contribution in [-0.2, 0) is 4.79 Å². The van der Waals surface area contributed by atoms with E-state index in [4.69, 9.17) is 0 Å². The smallest absolute Gasteiger partial charge is 0.243 e. The van der Waals surface area contributed by atoms with E-state index in [-0.39, 0.29) is 46.0 Å². The number of amides is 1. The number of hydrogen-bond donors (Lipinski definition) is 3. The Hall–Kier alpha value is -2.30. The Morgan fingerprint density at radius 1 is 1.03 bits per heavy atom. The summed E-state index contributed by atoms with van der Waals surface area (Å²) in [6.45, 7) is 4.61. The van der Waals surface area contributed by atoms with E-state index in [9.17, 15) is 19.8 Å². The summed E-state index contributed by atoms with van der Waals surface area (Å²) in [5, 5.41) is 22.7. The van der Waals surface area contributed by atoms with Crippen LogP contribution in [0.25, 0.3) is 0 Å². The number of phenolic OH excluding ortho intramolecular Hbond substituents is 2. The van der Waals surface area contributed by atoms with Gasteiger partial charge in [0, 0.05) is 22.9 Å². The minimum atomic E-state index is -0.235. The molecule has 3 N–H and O–H groups in total. The molecule has 0 bridgehead atoms. The van der Waals surface area contributed by atoms with E-state index in [0.717, 1.165) is 38.5 Å². The third-order valence-electron chi connectivity index (χ3n) is 9.26. The highest BCUT2D eigenvalue weighted by Crippen LogP contribution is 2.65. The highest BCUT2D eigenvalue weighted by atomic mass is 16.3. The molecule has 5 heteroatoms. The van der Waals surface area contributed by atoms with Crippen LogP contribution in [0.1, 0.15) is 62.7 Å². The van der Waals surface area contributed by atoms with Crippen molar-refractivity contribution in [3.8, 4) is 11.5 Å². The average Bonchev–Trinajstić information content (AvgIpc) is 3.07. The van der Waals surface area contributed by atoms with Crippen molar-refractivity contribution >= 4 is 11.7 Å². The monoisotopic (exact) mass is 409 g/mol. The fraction of sp³-hybridized carbons (Fsp3) is 0.600. The molecule has 0 radical (unpaired) electrons. The Balaban J connectivity index is 1.43. The highest BCUT2D eigenvalue weighted by molar-refractivity contribution is 5.99. The highest BCUT2D eigenvalue weighted by Gasteiger charge is 2.60.